The van der Waals surface area contributed by atoms with Gasteiger partial charge in [-0.25, -0.2) is 4.98 Å². The van der Waals surface area contributed by atoms with Crippen molar-refractivity contribution >= 4 is 15.9 Å². The molecule has 3 nitrogen and oxygen atoms in total. The lowest BCUT2D eigenvalue weighted by Gasteiger charge is -2.12. The highest BCUT2D eigenvalue weighted by atomic mass is 79.9. The molecule has 1 fully saturated rings. The number of nitrogens with one attached hydrogen (secondary N) is 1. The molecule has 0 aliphatic carbocycles. The van der Waals surface area contributed by atoms with Gasteiger partial charge < -0.3 is 10.2 Å². The number of hydrogen-bond donors (Lipinski definition) is 1. The van der Waals surface area contributed by atoms with Crippen molar-refractivity contribution in [3.63, 3.8) is 0 Å². The number of hydrogen-bond acceptors (Lipinski definition) is 3. The second kappa shape index (κ2) is 5.05. The van der Waals surface area contributed by atoms with E-state index in [2.05, 4.69) is 44.2 Å². The number of likely N-dealkylation sites (N-methyl/N-ethyl adjacent to an activating group) is 1. The van der Waals surface area contributed by atoms with Crippen LogP contribution in [0.1, 0.15) is 12.1 Å². The van der Waals surface area contributed by atoms with Crippen LogP contribution in [0.15, 0.2) is 22.8 Å². The van der Waals surface area contributed by atoms with Crippen LogP contribution in [0.2, 0.25) is 0 Å². The lowest BCUT2D eigenvalue weighted by atomic mass is 10.2. The maximum Gasteiger partial charge on any atom is 0.106 e. The second-order valence-corrected chi connectivity index (χ2v) is 4.89. The third-order valence-electron chi connectivity index (χ3n) is 2.74. The van der Waals surface area contributed by atoms with E-state index in [1.165, 1.54) is 13.0 Å². The fraction of sp³-hybridized carbons (Fsp3) is 0.545. The molecule has 1 unspecified atom stereocenters. The molecule has 0 aromatic carbocycles. The van der Waals surface area contributed by atoms with Crippen molar-refractivity contribution in [3.05, 3.63) is 28.5 Å². The van der Waals surface area contributed by atoms with Gasteiger partial charge in [-0.1, -0.05) is 6.07 Å². The molecule has 0 bridgehead atoms. The highest BCUT2D eigenvalue weighted by molar-refractivity contribution is 9.10. The number of pyridine rings is 1. The van der Waals surface area contributed by atoms with Gasteiger partial charge in [0.1, 0.15) is 4.60 Å². The molecule has 2 rings (SSSR count). The lowest BCUT2D eigenvalue weighted by Crippen LogP contribution is -2.31. The zero-order valence-electron chi connectivity index (χ0n) is 8.91. The number of rotatable bonds is 3. The monoisotopic (exact) mass is 269 g/mol. The predicted octanol–water partition coefficient (Wildman–Crippen LogP) is 1.64. The molecule has 0 saturated carbocycles. The van der Waals surface area contributed by atoms with Crippen molar-refractivity contribution in [2.45, 2.75) is 19.0 Å². The predicted molar refractivity (Wildman–Crippen MR) is 64.7 cm³/mol. The van der Waals surface area contributed by atoms with Crippen LogP contribution in [0.4, 0.5) is 0 Å². The van der Waals surface area contributed by atoms with Crippen molar-refractivity contribution < 1.29 is 0 Å². The molecule has 1 aromatic rings. The van der Waals surface area contributed by atoms with E-state index in [0.29, 0.717) is 6.04 Å². The van der Waals surface area contributed by atoms with Crippen molar-refractivity contribution in [2.24, 2.45) is 0 Å². The molecule has 2 heterocycles. The Morgan fingerprint density at radius 2 is 2.47 bits per heavy atom. The second-order valence-electron chi connectivity index (χ2n) is 4.08. The molecule has 0 radical (unpaired) electrons. The van der Waals surface area contributed by atoms with Crippen LogP contribution in [0, 0.1) is 0 Å². The summed E-state index contributed by atoms with van der Waals surface area (Å²) in [6, 6.07) is 6.65. The summed E-state index contributed by atoms with van der Waals surface area (Å²) < 4.78 is 0.908. The van der Waals surface area contributed by atoms with Crippen molar-refractivity contribution in [2.75, 3.05) is 20.1 Å². The summed E-state index contributed by atoms with van der Waals surface area (Å²) >= 11 is 3.38. The Kier molecular flexibility index (Phi) is 3.72. The first-order chi connectivity index (χ1) is 7.24. The Hall–Kier alpha value is -0.450. The van der Waals surface area contributed by atoms with Gasteiger partial charge in [0.2, 0.25) is 0 Å². The fourth-order valence-electron chi connectivity index (χ4n) is 1.90. The third-order valence-corrected chi connectivity index (χ3v) is 3.18. The lowest BCUT2D eigenvalue weighted by molar-refractivity contribution is 0.397. The van der Waals surface area contributed by atoms with E-state index in [-0.39, 0.29) is 0 Å². The van der Waals surface area contributed by atoms with E-state index in [0.717, 1.165) is 23.4 Å². The first-order valence-corrected chi connectivity index (χ1v) is 6.07. The highest BCUT2D eigenvalue weighted by Crippen LogP contribution is 2.09. The minimum absolute atomic E-state index is 0.621. The van der Waals surface area contributed by atoms with Gasteiger partial charge in [-0.3, -0.25) is 0 Å². The molecular formula is C11H16BrN3. The molecule has 15 heavy (non-hydrogen) atoms. The number of halogens is 1. The van der Waals surface area contributed by atoms with E-state index in [1.54, 1.807) is 0 Å². The van der Waals surface area contributed by atoms with Crippen LogP contribution in [0.25, 0.3) is 0 Å². The molecule has 1 aromatic heterocycles. The van der Waals surface area contributed by atoms with Gasteiger partial charge in [0.25, 0.3) is 0 Å². The molecule has 1 N–H and O–H groups in total. The fourth-order valence-corrected chi connectivity index (χ4v) is 2.28. The molecule has 1 aliphatic heterocycles. The first-order valence-electron chi connectivity index (χ1n) is 5.27. The maximum absolute atomic E-state index is 4.39. The largest absolute Gasteiger partial charge is 0.307 e. The van der Waals surface area contributed by atoms with Crippen molar-refractivity contribution in [3.8, 4) is 0 Å². The number of nitrogens with zero attached hydrogens (tertiary/aromatic N) is 2. The van der Waals surface area contributed by atoms with Gasteiger partial charge in [-0.2, -0.15) is 0 Å². The Morgan fingerprint density at radius 3 is 3.13 bits per heavy atom. The quantitative estimate of drug-likeness (QED) is 0.846. The molecule has 0 amide bonds. The topological polar surface area (TPSA) is 28.2 Å². The van der Waals surface area contributed by atoms with E-state index in [9.17, 15) is 0 Å². The first kappa shape index (κ1) is 11.0. The van der Waals surface area contributed by atoms with Crippen LogP contribution >= 0.6 is 15.9 Å². The number of likely N-dealkylation sites (tertiary alicyclic amines) is 1. The number of aromatic nitrogens is 1. The van der Waals surface area contributed by atoms with Gasteiger partial charge in [-0.05, 0) is 48.1 Å². The average Bonchev–Trinajstić information content (AvgIpc) is 2.62. The molecule has 82 valence electrons. The zero-order chi connectivity index (χ0) is 10.7. The van der Waals surface area contributed by atoms with Crippen molar-refractivity contribution in [1.29, 1.82) is 0 Å². The molecule has 1 saturated heterocycles. The van der Waals surface area contributed by atoms with Crippen molar-refractivity contribution in [1.82, 2.24) is 15.2 Å². The van der Waals surface area contributed by atoms with E-state index >= 15 is 0 Å². The summed E-state index contributed by atoms with van der Waals surface area (Å²) in [4.78, 5) is 6.75. The summed E-state index contributed by atoms with van der Waals surface area (Å²) in [5, 5.41) is 3.53. The summed E-state index contributed by atoms with van der Waals surface area (Å²) in [6.45, 7) is 3.20. The minimum atomic E-state index is 0.621. The smallest absolute Gasteiger partial charge is 0.106 e. The van der Waals surface area contributed by atoms with Gasteiger partial charge in [0.05, 0.1) is 5.69 Å². The van der Waals surface area contributed by atoms with Gasteiger partial charge in [-0.15, -0.1) is 0 Å². The molecular weight excluding hydrogens is 254 g/mol. The standard InChI is InChI=1S/C11H16BrN3/c1-15-6-5-10(8-15)13-7-9-3-2-4-11(12)14-9/h2-4,10,13H,5-8H2,1H3. The van der Waals surface area contributed by atoms with Gasteiger partial charge in [0.15, 0.2) is 0 Å². The van der Waals surface area contributed by atoms with Crippen LogP contribution in [-0.4, -0.2) is 36.1 Å². The molecule has 4 heteroatoms. The summed E-state index contributed by atoms with van der Waals surface area (Å²) in [5.41, 5.74) is 1.10. The molecule has 1 aliphatic rings. The van der Waals surface area contributed by atoms with Crippen LogP contribution in [0.5, 0.6) is 0 Å². The Labute approximate surface area is 99.0 Å². The zero-order valence-corrected chi connectivity index (χ0v) is 10.5. The maximum atomic E-state index is 4.39. The van der Waals surface area contributed by atoms with E-state index in [4.69, 9.17) is 0 Å². The van der Waals surface area contributed by atoms with Gasteiger partial charge >= 0.3 is 0 Å². The van der Waals surface area contributed by atoms with Gasteiger partial charge in [0, 0.05) is 19.1 Å². The Morgan fingerprint density at radius 1 is 1.60 bits per heavy atom. The molecule has 0 spiro atoms. The Bertz CT molecular complexity index is 329. The Balaban J connectivity index is 1.83. The average molecular weight is 270 g/mol. The van der Waals surface area contributed by atoms with Crippen LogP contribution in [0.3, 0.4) is 0 Å². The summed E-state index contributed by atoms with van der Waals surface area (Å²) in [7, 11) is 2.17. The minimum Gasteiger partial charge on any atom is -0.307 e. The SMILES string of the molecule is CN1CCC(NCc2cccc(Br)n2)C1. The summed E-state index contributed by atoms with van der Waals surface area (Å²) in [5.74, 6) is 0. The van der Waals surface area contributed by atoms with E-state index in [1.807, 2.05) is 12.1 Å². The summed E-state index contributed by atoms with van der Waals surface area (Å²) in [6.07, 6.45) is 1.24. The highest BCUT2D eigenvalue weighted by Gasteiger charge is 2.18. The third kappa shape index (κ3) is 3.26. The molecule has 1 atom stereocenters. The van der Waals surface area contributed by atoms with E-state index < -0.39 is 0 Å². The van der Waals surface area contributed by atoms with Crippen LogP contribution < -0.4 is 5.32 Å². The normalized spacial score (nSPS) is 22.1. The van der Waals surface area contributed by atoms with Crippen LogP contribution in [-0.2, 0) is 6.54 Å².